The maximum absolute atomic E-state index is 13.1. The summed E-state index contributed by atoms with van der Waals surface area (Å²) in [6.07, 6.45) is 4.57. The molecule has 1 spiro atoms. The fourth-order valence-corrected chi connectivity index (χ4v) is 4.97. The molecule has 2 aliphatic heterocycles. The molecule has 34 heavy (non-hydrogen) atoms. The van der Waals surface area contributed by atoms with Gasteiger partial charge in [0.25, 0.3) is 5.91 Å². The van der Waals surface area contributed by atoms with Gasteiger partial charge in [-0.25, -0.2) is 0 Å². The SMILES string of the molecule is Cc1ccc(CC(=O)N2CCC3(CC2)O[C@H](C(=O)NCc2cccnc2)c2ccccc23)cc1. The number of ether oxygens (including phenoxy) is 1. The fraction of sp³-hybridized carbons (Fsp3) is 0.321. The van der Waals surface area contributed by atoms with E-state index >= 15 is 0 Å². The zero-order valence-electron chi connectivity index (χ0n) is 19.4. The molecular weight excluding hydrogens is 426 g/mol. The van der Waals surface area contributed by atoms with Crippen molar-refractivity contribution in [3.63, 3.8) is 0 Å². The highest BCUT2D eigenvalue weighted by Crippen LogP contribution is 2.49. The summed E-state index contributed by atoms with van der Waals surface area (Å²) in [5.41, 5.74) is 4.62. The molecule has 6 nitrogen and oxygen atoms in total. The van der Waals surface area contributed by atoms with Gasteiger partial charge >= 0.3 is 0 Å². The minimum absolute atomic E-state index is 0.135. The van der Waals surface area contributed by atoms with Gasteiger partial charge in [0.1, 0.15) is 0 Å². The molecule has 2 aliphatic rings. The molecule has 5 rings (SSSR count). The lowest BCUT2D eigenvalue weighted by Gasteiger charge is -2.39. The van der Waals surface area contributed by atoms with Crippen LogP contribution in [-0.2, 0) is 32.9 Å². The Hall–Kier alpha value is -3.51. The van der Waals surface area contributed by atoms with Gasteiger partial charge in [-0.05, 0) is 48.1 Å². The third kappa shape index (κ3) is 4.46. The van der Waals surface area contributed by atoms with Gasteiger partial charge in [-0.2, -0.15) is 0 Å². The van der Waals surface area contributed by atoms with Crippen molar-refractivity contribution < 1.29 is 14.3 Å². The number of carbonyl (C=O) groups is 2. The van der Waals surface area contributed by atoms with Gasteiger partial charge in [-0.1, -0.05) is 60.2 Å². The van der Waals surface area contributed by atoms with Crippen LogP contribution < -0.4 is 5.32 Å². The number of fused-ring (bicyclic) bond motifs is 2. The summed E-state index contributed by atoms with van der Waals surface area (Å²) in [5, 5.41) is 2.99. The van der Waals surface area contributed by atoms with Crippen LogP contribution in [0.1, 0.15) is 46.8 Å². The number of piperidine rings is 1. The lowest BCUT2D eigenvalue weighted by atomic mass is 9.83. The van der Waals surface area contributed by atoms with Crippen LogP contribution in [-0.4, -0.2) is 34.8 Å². The van der Waals surface area contributed by atoms with Crippen LogP contribution in [0.15, 0.2) is 73.1 Å². The Morgan fingerprint density at radius 1 is 1.03 bits per heavy atom. The molecule has 1 N–H and O–H groups in total. The van der Waals surface area contributed by atoms with E-state index in [1.54, 1.807) is 12.4 Å². The van der Waals surface area contributed by atoms with Crippen molar-refractivity contribution in [1.29, 1.82) is 0 Å². The lowest BCUT2D eigenvalue weighted by Crippen LogP contribution is -2.46. The number of hydrogen-bond donors (Lipinski definition) is 1. The number of rotatable bonds is 5. The summed E-state index contributed by atoms with van der Waals surface area (Å²) < 4.78 is 6.50. The highest BCUT2D eigenvalue weighted by atomic mass is 16.5. The minimum atomic E-state index is -0.650. The smallest absolute Gasteiger partial charge is 0.254 e. The molecule has 0 aliphatic carbocycles. The van der Waals surface area contributed by atoms with Crippen molar-refractivity contribution in [1.82, 2.24) is 15.2 Å². The lowest BCUT2D eigenvalue weighted by molar-refractivity contribution is -0.155. The molecular formula is C28H29N3O3. The molecule has 6 heteroatoms. The molecule has 174 valence electrons. The second kappa shape index (κ2) is 9.39. The number of aryl methyl sites for hydroxylation is 1. The maximum Gasteiger partial charge on any atom is 0.254 e. The number of carbonyl (C=O) groups excluding carboxylic acids is 2. The summed E-state index contributed by atoms with van der Waals surface area (Å²) in [5.74, 6) is -0.0122. The van der Waals surface area contributed by atoms with Gasteiger partial charge in [0.15, 0.2) is 6.10 Å². The Morgan fingerprint density at radius 2 is 1.79 bits per heavy atom. The zero-order valence-corrected chi connectivity index (χ0v) is 19.4. The third-order valence-electron chi connectivity index (χ3n) is 6.91. The second-order valence-electron chi connectivity index (χ2n) is 9.20. The average molecular weight is 456 g/mol. The Balaban J connectivity index is 1.25. The van der Waals surface area contributed by atoms with Crippen LogP contribution in [0.25, 0.3) is 0 Å². The molecule has 1 saturated heterocycles. The number of nitrogens with zero attached hydrogens (tertiary/aromatic N) is 2. The Labute approximate surface area is 200 Å². The van der Waals surface area contributed by atoms with Crippen LogP contribution in [0.4, 0.5) is 0 Å². The number of amides is 2. The normalized spacial score (nSPS) is 18.5. The first-order valence-electron chi connectivity index (χ1n) is 11.8. The Morgan fingerprint density at radius 3 is 2.53 bits per heavy atom. The van der Waals surface area contributed by atoms with Gasteiger partial charge < -0.3 is 15.0 Å². The quantitative estimate of drug-likeness (QED) is 0.635. The molecule has 3 aromatic rings. The van der Waals surface area contributed by atoms with E-state index in [4.69, 9.17) is 4.74 Å². The molecule has 0 bridgehead atoms. The number of aromatic nitrogens is 1. The maximum atomic E-state index is 13.1. The van der Waals surface area contributed by atoms with E-state index in [9.17, 15) is 9.59 Å². The van der Waals surface area contributed by atoms with E-state index in [0.717, 1.165) is 22.3 Å². The van der Waals surface area contributed by atoms with E-state index in [1.807, 2.05) is 66.4 Å². The summed E-state index contributed by atoms with van der Waals surface area (Å²) in [6.45, 7) is 3.68. The topological polar surface area (TPSA) is 71.5 Å². The molecule has 1 aromatic heterocycles. The van der Waals surface area contributed by atoms with E-state index < -0.39 is 11.7 Å². The molecule has 2 aromatic carbocycles. The Kier molecular flexibility index (Phi) is 6.16. The number of hydrogen-bond acceptors (Lipinski definition) is 4. The number of benzene rings is 2. The van der Waals surface area contributed by atoms with Crippen molar-refractivity contribution in [2.75, 3.05) is 13.1 Å². The molecule has 0 radical (unpaired) electrons. The first-order chi connectivity index (χ1) is 16.5. The van der Waals surface area contributed by atoms with Crippen molar-refractivity contribution in [2.24, 2.45) is 0 Å². The first kappa shape index (κ1) is 22.3. The van der Waals surface area contributed by atoms with Crippen LogP contribution in [0, 0.1) is 6.92 Å². The van der Waals surface area contributed by atoms with Crippen LogP contribution in [0.2, 0.25) is 0 Å². The molecule has 1 fully saturated rings. The predicted molar refractivity (Wildman–Crippen MR) is 129 cm³/mol. The zero-order chi connectivity index (χ0) is 23.5. The second-order valence-corrected chi connectivity index (χ2v) is 9.20. The average Bonchev–Trinajstić information content (AvgIpc) is 3.19. The van der Waals surface area contributed by atoms with Gasteiger partial charge in [-0.3, -0.25) is 14.6 Å². The Bertz CT molecular complexity index is 1170. The number of likely N-dealkylation sites (tertiary alicyclic amines) is 1. The summed E-state index contributed by atoms with van der Waals surface area (Å²) >= 11 is 0. The standard InChI is InChI=1S/C28H29N3O3/c1-20-8-10-21(11-9-20)17-25(32)31-15-12-28(13-16-31)24-7-3-2-6-23(24)26(34-28)27(33)30-19-22-5-4-14-29-18-22/h2-11,14,18,26H,12-13,15-17,19H2,1H3,(H,30,33)/t26-/m0/s1. The highest BCUT2D eigenvalue weighted by molar-refractivity contribution is 5.84. The van der Waals surface area contributed by atoms with Crippen molar-refractivity contribution in [3.05, 3.63) is 101 Å². The summed E-state index contributed by atoms with van der Waals surface area (Å²) in [6, 6.07) is 19.9. The largest absolute Gasteiger partial charge is 0.352 e. The number of nitrogens with one attached hydrogen (secondary N) is 1. The monoisotopic (exact) mass is 455 g/mol. The van der Waals surface area contributed by atoms with E-state index in [0.29, 0.717) is 38.9 Å². The predicted octanol–water partition coefficient (Wildman–Crippen LogP) is 3.84. The number of pyridine rings is 1. The van der Waals surface area contributed by atoms with E-state index in [2.05, 4.69) is 16.4 Å². The van der Waals surface area contributed by atoms with Gasteiger partial charge in [0.05, 0.1) is 12.0 Å². The van der Waals surface area contributed by atoms with Gasteiger partial charge in [0, 0.05) is 32.0 Å². The van der Waals surface area contributed by atoms with Crippen LogP contribution in [0.3, 0.4) is 0 Å². The van der Waals surface area contributed by atoms with Gasteiger partial charge in [0.2, 0.25) is 5.91 Å². The van der Waals surface area contributed by atoms with E-state index in [1.165, 1.54) is 5.56 Å². The molecule has 0 unspecified atom stereocenters. The summed E-state index contributed by atoms with van der Waals surface area (Å²) in [4.78, 5) is 32.0. The van der Waals surface area contributed by atoms with Crippen molar-refractivity contribution >= 4 is 11.8 Å². The van der Waals surface area contributed by atoms with Gasteiger partial charge in [-0.15, -0.1) is 0 Å². The highest BCUT2D eigenvalue weighted by Gasteiger charge is 2.49. The van der Waals surface area contributed by atoms with Crippen molar-refractivity contribution in [3.8, 4) is 0 Å². The fourth-order valence-electron chi connectivity index (χ4n) is 4.97. The van der Waals surface area contributed by atoms with Crippen molar-refractivity contribution in [2.45, 2.75) is 44.4 Å². The molecule has 0 saturated carbocycles. The minimum Gasteiger partial charge on any atom is -0.352 e. The summed E-state index contributed by atoms with van der Waals surface area (Å²) in [7, 11) is 0. The first-order valence-corrected chi connectivity index (χ1v) is 11.8. The molecule has 2 amide bonds. The van der Waals surface area contributed by atoms with E-state index in [-0.39, 0.29) is 11.8 Å². The third-order valence-corrected chi connectivity index (χ3v) is 6.91. The van der Waals surface area contributed by atoms with Crippen LogP contribution >= 0.6 is 0 Å². The molecule has 3 heterocycles. The van der Waals surface area contributed by atoms with Crippen LogP contribution in [0.5, 0.6) is 0 Å². The molecule has 1 atom stereocenters.